The molecule has 1 saturated carbocycles. The van der Waals surface area contributed by atoms with Crippen LogP contribution in [0.25, 0.3) is 0 Å². The Labute approximate surface area is 151 Å². The highest BCUT2D eigenvalue weighted by Gasteiger charge is 2.43. The van der Waals surface area contributed by atoms with Gasteiger partial charge in [0.25, 0.3) is 0 Å². The summed E-state index contributed by atoms with van der Waals surface area (Å²) in [4.78, 5) is 12.3. The minimum Gasteiger partial charge on any atom is -0.313 e. The van der Waals surface area contributed by atoms with Crippen molar-refractivity contribution in [3.05, 3.63) is 60.7 Å². The van der Waals surface area contributed by atoms with Crippen LogP contribution in [0.5, 0.6) is 0 Å². The summed E-state index contributed by atoms with van der Waals surface area (Å²) in [5, 5.41) is 1.84. The van der Waals surface area contributed by atoms with Crippen LogP contribution in [0.3, 0.4) is 0 Å². The van der Waals surface area contributed by atoms with Gasteiger partial charge in [-0.25, -0.2) is 0 Å². The van der Waals surface area contributed by atoms with Gasteiger partial charge in [0.2, 0.25) is 0 Å². The minimum atomic E-state index is -2.82. The predicted octanol–water partition coefficient (Wildman–Crippen LogP) is 4.78. The van der Waals surface area contributed by atoms with E-state index in [-0.39, 0.29) is 11.6 Å². The summed E-state index contributed by atoms with van der Waals surface area (Å²) in [7, 11) is -2.82. The van der Waals surface area contributed by atoms with Gasteiger partial charge in [-0.1, -0.05) is 74.5 Å². The molecule has 0 N–H and O–H groups in total. The largest absolute Gasteiger partial charge is 0.313 e. The number of rotatable bonds is 4. The lowest BCUT2D eigenvalue weighted by Crippen LogP contribution is -2.33. The second-order valence-corrected chi connectivity index (χ2v) is 10.5. The van der Waals surface area contributed by atoms with Gasteiger partial charge < -0.3 is 4.57 Å². The molecule has 1 aliphatic carbocycles. The summed E-state index contributed by atoms with van der Waals surface area (Å²) >= 11 is 0. The molecule has 2 atom stereocenters. The molecule has 132 valence electrons. The van der Waals surface area contributed by atoms with Crippen LogP contribution >= 0.6 is 7.14 Å². The van der Waals surface area contributed by atoms with E-state index in [0.717, 1.165) is 23.5 Å². The number of hydrogen-bond acceptors (Lipinski definition) is 2. The molecule has 0 saturated heterocycles. The van der Waals surface area contributed by atoms with Gasteiger partial charge in [-0.2, -0.15) is 0 Å². The molecule has 0 aliphatic heterocycles. The van der Waals surface area contributed by atoms with E-state index >= 15 is 0 Å². The second-order valence-electron chi connectivity index (χ2n) is 7.44. The molecule has 0 unspecified atom stereocenters. The molecule has 1 fully saturated rings. The van der Waals surface area contributed by atoms with Crippen molar-refractivity contribution < 1.29 is 9.36 Å². The number of ketones is 1. The lowest BCUT2D eigenvalue weighted by Gasteiger charge is -2.35. The van der Waals surface area contributed by atoms with Crippen LogP contribution in [0.4, 0.5) is 0 Å². The van der Waals surface area contributed by atoms with Crippen molar-refractivity contribution in [1.29, 1.82) is 0 Å². The number of carbonyl (C=O) groups excluding carboxylic acids is 1. The molecule has 2 aromatic carbocycles. The Morgan fingerprint density at radius 2 is 1.44 bits per heavy atom. The van der Waals surface area contributed by atoms with E-state index < -0.39 is 7.14 Å². The Bertz CT molecular complexity index is 709. The molecule has 3 heteroatoms. The van der Waals surface area contributed by atoms with Gasteiger partial charge in [-0.3, -0.25) is 4.79 Å². The number of hydrogen-bond donors (Lipinski definition) is 0. The molecule has 0 aromatic heterocycles. The average Bonchev–Trinajstić information content (AvgIpc) is 2.84. The molecule has 0 spiro atoms. The molecule has 1 aliphatic rings. The van der Waals surface area contributed by atoms with Crippen LogP contribution in [0.1, 0.15) is 39.5 Å². The fourth-order valence-corrected chi connectivity index (χ4v) is 8.02. The van der Waals surface area contributed by atoms with Crippen molar-refractivity contribution in [3.8, 4) is 0 Å². The van der Waals surface area contributed by atoms with Crippen molar-refractivity contribution in [2.45, 2.75) is 45.2 Å². The molecular weight excluding hydrogens is 327 g/mol. The molecule has 0 amide bonds. The first-order chi connectivity index (χ1) is 12.0. The quantitative estimate of drug-likeness (QED) is 0.585. The van der Waals surface area contributed by atoms with Crippen molar-refractivity contribution in [2.24, 2.45) is 11.8 Å². The summed E-state index contributed by atoms with van der Waals surface area (Å²) in [6.07, 6.45) is 2.89. The van der Waals surface area contributed by atoms with Crippen molar-refractivity contribution in [2.75, 3.05) is 0 Å². The number of Topliss-reactive ketones (excluding diaryl/α,β-unsaturated/α-hetero) is 1. The molecule has 3 rings (SSSR count). The molecule has 0 bridgehead atoms. The van der Waals surface area contributed by atoms with Gasteiger partial charge in [-0.15, -0.1) is 0 Å². The van der Waals surface area contributed by atoms with E-state index in [1.54, 1.807) is 0 Å². The minimum absolute atomic E-state index is 0.0312. The Kier molecular flexibility index (Phi) is 5.59. The molecule has 2 nitrogen and oxygen atoms in total. The maximum absolute atomic E-state index is 14.6. The highest BCUT2D eigenvalue weighted by atomic mass is 31.2. The SMILES string of the molecule is CC(C)[C@@H]1CC(=O)CCC[C@H]1P(=O)(c1ccccc1)c1ccccc1. The molecule has 2 aromatic rings. The van der Waals surface area contributed by atoms with E-state index in [1.165, 1.54) is 0 Å². The summed E-state index contributed by atoms with van der Waals surface area (Å²) in [6, 6.07) is 19.8. The van der Waals surface area contributed by atoms with E-state index in [4.69, 9.17) is 0 Å². The van der Waals surface area contributed by atoms with Crippen LogP contribution in [-0.2, 0) is 9.36 Å². The summed E-state index contributed by atoms with van der Waals surface area (Å²) in [5.41, 5.74) is 0.0312. The van der Waals surface area contributed by atoms with Gasteiger partial charge in [0.1, 0.15) is 12.9 Å². The molecule has 25 heavy (non-hydrogen) atoms. The maximum atomic E-state index is 14.6. The Morgan fingerprint density at radius 1 is 0.920 bits per heavy atom. The van der Waals surface area contributed by atoms with Crippen molar-refractivity contribution in [3.63, 3.8) is 0 Å². The topological polar surface area (TPSA) is 34.1 Å². The first-order valence-electron chi connectivity index (χ1n) is 9.26. The molecule has 0 heterocycles. The zero-order chi connectivity index (χ0) is 17.9. The fourth-order valence-electron chi connectivity index (χ4n) is 4.19. The van der Waals surface area contributed by atoms with Crippen LogP contribution < -0.4 is 10.6 Å². The third-order valence-electron chi connectivity index (χ3n) is 5.52. The van der Waals surface area contributed by atoms with Crippen LogP contribution in [0, 0.1) is 11.8 Å². The van der Waals surface area contributed by atoms with Crippen LogP contribution in [-0.4, -0.2) is 11.4 Å². The summed E-state index contributed by atoms with van der Waals surface area (Å²) in [6.45, 7) is 4.33. The maximum Gasteiger partial charge on any atom is 0.146 e. The van der Waals surface area contributed by atoms with Gasteiger partial charge >= 0.3 is 0 Å². The van der Waals surface area contributed by atoms with Gasteiger partial charge in [0.15, 0.2) is 0 Å². The number of carbonyl (C=O) groups is 1. The van der Waals surface area contributed by atoms with E-state index in [1.807, 2.05) is 60.7 Å². The Balaban J connectivity index is 2.17. The predicted molar refractivity (Wildman–Crippen MR) is 105 cm³/mol. The molecule has 0 radical (unpaired) electrons. The normalized spacial score (nSPS) is 22.0. The highest BCUT2D eigenvalue weighted by Crippen LogP contribution is 2.56. The first kappa shape index (κ1) is 18.1. The standard InChI is InChI=1S/C22H27O2P/c1-17(2)21-16-18(23)10-9-15-22(21)25(24,19-11-5-3-6-12-19)20-13-7-4-8-14-20/h3-8,11-14,17,21-22H,9-10,15-16H2,1-2H3/t21-,22+/m0/s1. The average molecular weight is 354 g/mol. The third kappa shape index (κ3) is 3.65. The Morgan fingerprint density at radius 3 is 1.92 bits per heavy atom. The summed E-state index contributed by atoms with van der Waals surface area (Å²) in [5.74, 6) is 0.836. The van der Waals surface area contributed by atoms with E-state index in [9.17, 15) is 9.36 Å². The zero-order valence-electron chi connectivity index (χ0n) is 15.1. The fraction of sp³-hybridized carbons (Fsp3) is 0.409. The van der Waals surface area contributed by atoms with E-state index in [0.29, 0.717) is 24.5 Å². The lowest BCUT2D eigenvalue weighted by atomic mass is 9.88. The van der Waals surface area contributed by atoms with Crippen molar-refractivity contribution >= 4 is 23.5 Å². The van der Waals surface area contributed by atoms with Crippen LogP contribution in [0.2, 0.25) is 0 Å². The molecular formula is C22H27O2P. The van der Waals surface area contributed by atoms with Gasteiger partial charge in [-0.05, 0) is 24.7 Å². The second kappa shape index (κ2) is 7.70. The number of benzene rings is 2. The zero-order valence-corrected chi connectivity index (χ0v) is 16.0. The first-order valence-corrected chi connectivity index (χ1v) is 11.0. The monoisotopic (exact) mass is 354 g/mol. The van der Waals surface area contributed by atoms with E-state index in [2.05, 4.69) is 13.8 Å². The van der Waals surface area contributed by atoms with Crippen LogP contribution in [0.15, 0.2) is 60.7 Å². The smallest absolute Gasteiger partial charge is 0.146 e. The lowest BCUT2D eigenvalue weighted by molar-refractivity contribution is -0.119. The van der Waals surface area contributed by atoms with Gasteiger partial charge in [0, 0.05) is 29.1 Å². The highest BCUT2D eigenvalue weighted by molar-refractivity contribution is 7.79. The summed E-state index contributed by atoms with van der Waals surface area (Å²) < 4.78 is 14.6. The third-order valence-corrected chi connectivity index (χ3v) is 9.22. The van der Waals surface area contributed by atoms with Crippen molar-refractivity contribution in [1.82, 2.24) is 0 Å². The Hall–Kier alpha value is -1.66. The van der Waals surface area contributed by atoms with Gasteiger partial charge in [0.05, 0.1) is 0 Å².